The van der Waals surface area contributed by atoms with Crippen molar-refractivity contribution in [2.24, 2.45) is 5.92 Å². The van der Waals surface area contributed by atoms with Gasteiger partial charge in [-0.3, -0.25) is 4.79 Å². The van der Waals surface area contributed by atoms with Crippen LogP contribution in [0.1, 0.15) is 54.5 Å². The average Bonchev–Trinajstić information content (AvgIpc) is 3.30. The van der Waals surface area contributed by atoms with Crippen molar-refractivity contribution in [3.8, 4) is 5.88 Å². The molecule has 0 unspecified atom stereocenters. The Morgan fingerprint density at radius 1 is 1.30 bits per heavy atom. The number of amides is 1. The minimum atomic E-state index is -4.62. The van der Waals surface area contributed by atoms with Crippen molar-refractivity contribution in [2.45, 2.75) is 45.3 Å². The summed E-state index contributed by atoms with van der Waals surface area (Å²) in [5.41, 5.74) is -2.20. The van der Waals surface area contributed by atoms with E-state index in [4.69, 9.17) is 9.26 Å². The predicted molar refractivity (Wildman–Crippen MR) is 87.0 cm³/mol. The molecule has 1 saturated carbocycles. The van der Waals surface area contributed by atoms with E-state index < -0.39 is 29.1 Å². The van der Waals surface area contributed by atoms with E-state index in [0.717, 1.165) is 25.0 Å². The lowest BCUT2D eigenvalue weighted by Crippen LogP contribution is -2.42. The number of hydrogen-bond donors (Lipinski definition) is 1. The molecule has 0 aromatic carbocycles. The van der Waals surface area contributed by atoms with Gasteiger partial charge in [0.15, 0.2) is 5.82 Å². The number of halogens is 3. The number of carbonyl (C=O) groups is 1. The molecule has 1 amide bonds. The van der Waals surface area contributed by atoms with Crippen LogP contribution in [0.3, 0.4) is 0 Å². The number of aryl methyl sites for hydroxylation is 1. The Bertz CT molecular complexity index is 844. The number of pyridine rings is 1. The van der Waals surface area contributed by atoms with E-state index in [0.29, 0.717) is 5.89 Å². The van der Waals surface area contributed by atoms with Crippen LogP contribution >= 0.6 is 0 Å². The molecule has 1 fully saturated rings. The highest BCUT2D eigenvalue weighted by molar-refractivity contribution is 5.93. The van der Waals surface area contributed by atoms with Gasteiger partial charge in [0.25, 0.3) is 5.91 Å². The summed E-state index contributed by atoms with van der Waals surface area (Å²) in [6.45, 7) is 5.04. The van der Waals surface area contributed by atoms with Gasteiger partial charge in [-0.2, -0.15) is 18.2 Å². The first-order valence-corrected chi connectivity index (χ1v) is 8.40. The van der Waals surface area contributed by atoms with Crippen LogP contribution in [0, 0.1) is 12.8 Å². The first-order chi connectivity index (χ1) is 12.6. The summed E-state index contributed by atoms with van der Waals surface area (Å²) in [7, 11) is 0. The van der Waals surface area contributed by atoms with Crippen LogP contribution in [0.4, 0.5) is 13.2 Å². The highest BCUT2D eigenvalue weighted by Gasteiger charge is 2.37. The lowest BCUT2D eigenvalue weighted by Gasteiger charge is -2.22. The number of aromatic nitrogens is 3. The van der Waals surface area contributed by atoms with Gasteiger partial charge in [0, 0.05) is 6.92 Å². The SMILES string of the molecule is Cc1nc(C(C)(C)NC(=O)c2ccc(C(F)(F)F)c(OCC3CC3)n2)no1. The summed E-state index contributed by atoms with van der Waals surface area (Å²) in [4.78, 5) is 20.4. The minimum Gasteiger partial charge on any atom is -0.477 e. The number of carbonyl (C=O) groups excluding carboxylic acids is 1. The third-order valence-corrected chi connectivity index (χ3v) is 4.06. The summed E-state index contributed by atoms with van der Waals surface area (Å²) in [6, 6.07) is 1.81. The normalized spacial score (nSPS) is 14.9. The van der Waals surface area contributed by atoms with Crippen molar-refractivity contribution in [2.75, 3.05) is 6.61 Å². The standard InChI is InChI=1S/C17H19F3N4O3/c1-9-21-15(24-27-9)16(2,3)23-13(25)12-7-6-11(17(18,19)20)14(22-12)26-8-10-4-5-10/h6-7,10H,4-5,8H2,1-3H3,(H,23,25). The number of nitrogens with one attached hydrogen (secondary N) is 1. The number of rotatable bonds is 6. The van der Waals surface area contributed by atoms with Gasteiger partial charge in [-0.1, -0.05) is 5.16 Å². The molecule has 1 aliphatic rings. The van der Waals surface area contributed by atoms with Crippen molar-refractivity contribution < 1.29 is 27.2 Å². The summed E-state index contributed by atoms with van der Waals surface area (Å²) in [5, 5.41) is 6.40. The maximum Gasteiger partial charge on any atom is 0.421 e. The molecule has 7 nitrogen and oxygen atoms in total. The van der Waals surface area contributed by atoms with E-state index in [2.05, 4.69) is 20.4 Å². The molecule has 1 aliphatic carbocycles. The quantitative estimate of drug-likeness (QED) is 0.822. The predicted octanol–water partition coefficient (Wildman–Crippen LogP) is 3.25. The first kappa shape index (κ1) is 19.1. The minimum absolute atomic E-state index is 0.148. The molecule has 0 aliphatic heterocycles. The monoisotopic (exact) mass is 384 g/mol. The molecule has 0 radical (unpaired) electrons. The van der Waals surface area contributed by atoms with Crippen molar-refractivity contribution >= 4 is 5.91 Å². The Morgan fingerprint density at radius 3 is 2.56 bits per heavy atom. The Labute approximate surface area is 153 Å². The molecule has 0 bridgehead atoms. The third kappa shape index (κ3) is 4.55. The van der Waals surface area contributed by atoms with Crippen LogP contribution in [0.2, 0.25) is 0 Å². The van der Waals surface area contributed by atoms with Gasteiger partial charge < -0.3 is 14.6 Å². The second-order valence-electron chi connectivity index (χ2n) is 7.02. The zero-order valence-electron chi connectivity index (χ0n) is 15.1. The van der Waals surface area contributed by atoms with Crippen LogP contribution in [-0.4, -0.2) is 27.6 Å². The largest absolute Gasteiger partial charge is 0.477 e. The molecular formula is C17H19F3N4O3. The second-order valence-corrected chi connectivity index (χ2v) is 7.02. The number of nitrogens with zero attached hydrogens (tertiary/aromatic N) is 3. The maximum absolute atomic E-state index is 13.2. The van der Waals surface area contributed by atoms with Gasteiger partial charge in [-0.05, 0) is 44.7 Å². The topological polar surface area (TPSA) is 90.1 Å². The zero-order valence-corrected chi connectivity index (χ0v) is 15.1. The highest BCUT2D eigenvalue weighted by Crippen LogP contribution is 2.37. The van der Waals surface area contributed by atoms with Crippen LogP contribution in [0.25, 0.3) is 0 Å². The molecule has 2 aromatic heterocycles. The third-order valence-electron chi connectivity index (χ3n) is 4.06. The molecule has 3 rings (SSSR count). The van der Waals surface area contributed by atoms with E-state index >= 15 is 0 Å². The Balaban J connectivity index is 1.82. The Morgan fingerprint density at radius 2 is 2.00 bits per heavy atom. The molecular weight excluding hydrogens is 365 g/mol. The Hall–Kier alpha value is -2.65. The number of ether oxygens (including phenoxy) is 1. The highest BCUT2D eigenvalue weighted by atomic mass is 19.4. The van der Waals surface area contributed by atoms with Crippen molar-refractivity contribution in [3.63, 3.8) is 0 Å². The van der Waals surface area contributed by atoms with E-state index in [-0.39, 0.29) is 24.0 Å². The maximum atomic E-state index is 13.2. The second kappa shape index (κ2) is 6.82. The van der Waals surface area contributed by atoms with Crippen LogP contribution in [0.5, 0.6) is 5.88 Å². The van der Waals surface area contributed by atoms with E-state index in [1.54, 1.807) is 20.8 Å². The van der Waals surface area contributed by atoms with Crippen molar-refractivity contribution in [3.05, 3.63) is 35.1 Å². The fourth-order valence-electron chi connectivity index (χ4n) is 2.33. The van der Waals surface area contributed by atoms with Gasteiger partial charge >= 0.3 is 6.18 Å². The van der Waals surface area contributed by atoms with Gasteiger partial charge in [-0.15, -0.1) is 0 Å². The van der Waals surface area contributed by atoms with Crippen molar-refractivity contribution in [1.29, 1.82) is 0 Å². The summed E-state index contributed by atoms with van der Waals surface area (Å²) in [5.74, 6) is -0.449. The summed E-state index contributed by atoms with van der Waals surface area (Å²) < 4.78 is 49.6. The van der Waals surface area contributed by atoms with Crippen LogP contribution in [-0.2, 0) is 11.7 Å². The summed E-state index contributed by atoms with van der Waals surface area (Å²) >= 11 is 0. The van der Waals surface area contributed by atoms with Gasteiger partial charge in [0.2, 0.25) is 11.8 Å². The van der Waals surface area contributed by atoms with Gasteiger partial charge in [-0.25, -0.2) is 4.98 Å². The molecule has 2 heterocycles. The van der Waals surface area contributed by atoms with E-state index in [1.807, 2.05) is 0 Å². The van der Waals surface area contributed by atoms with Gasteiger partial charge in [0.1, 0.15) is 11.3 Å². The number of hydrogen-bond acceptors (Lipinski definition) is 6. The van der Waals surface area contributed by atoms with Gasteiger partial charge in [0.05, 0.1) is 12.1 Å². The van der Waals surface area contributed by atoms with Crippen LogP contribution < -0.4 is 10.1 Å². The van der Waals surface area contributed by atoms with Crippen LogP contribution in [0.15, 0.2) is 16.7 Å². The zero-order chi connectivity index (χ0) is 19.8. The molecule has 0 atom stereocenters. The fraction of sp³-hybridized carbons (Fsp3) is 0.529. The molecule has 0 spiro atoms. The number of alkyl halides is 3. The van der Waals surface area contributed by atoms with Crippen molar-refractivity contribution in [1.82, 2.24) is 20.4 Å². The smallest absolute Gasteiger partial charge is 0.421 e. The molecule has 0 saturated heterocycles. The molecule has 2 aromatic rings. The van der Waals surface area contributed by atoms with E-state index in [1.165, 1.54) is 0 Å². The fourth-order valence-corrected chi connectivity index (χ4v) is 2.33. The lowest BCUT2D eigenvalue weighted by molar-refractivity contribution is -0.139. The lowest BCUT2D eigenvalue weighted by atomic mass is 10.0. The Kier molecular flexibility index (Phi) is 4.83. The summed E-state index contributed by atoms with van der Waals surface area (Å²) in [6.07, 6.45) is -2.79. The molecule has 27 heavy (non-hydrogen) atoms. The van der Waals surface area contributed by atoms with E-state index in [9.17, 15) is 18.0 Å². The molecule has 10 heteroatoms. The molecule has 1 N–H and O–H groups in total. The average molecular weight is 384 g/mol. The molecule has 146 valence electrons. The first-order valence-electron chi connectivity index (χ1n) is 8.40.